The number of anilines is 1. The summed E-state index contributed by atoms with van der Waals surface area (Å²) < 4.78 is 60.8. The Hall–Kier alpha value is -3.83. The van der Waals surface area contributed by atoms with Crippen LogP contribution < -0.4 is 20.1 Å². The van der Waals surface area contributed by atoms with Gasteiger partial charge in [-0.1, -0.05) is 37.6 Å². The molecule has 12 heteroatoms. The number of amides is 1. The molecule has 0 saturated heterocycles. The normalized spacial score (nSPS) is 24.8. The number of nitrogens with zero attached hydrogens (tertiary/aromatic N) is 2. The predicted octanol–water partition coefficient (Wildman–Crippen LogP) is 8.50. The number of carbonyl (C=O) groups excluding carboxylic acids is 2. The Morgan fingerprint density at radius 1 is 1.06 bits per heavy atom. The predicted molar refractivity (Wildman–Crippen MR) is 198 cm³/mol. The highest BCUT2D eigenvalue weighted by atomic mass is 35.5. The highest BCUT2D eigenvalue weighted by Gasteiger charge is 2.60. The fourth-order valence-electron chi connectivity index (χ4n) is 9.16. The maximum absolute atomic E-state index is 14.3. The van der Waals surface area contributed by atoms with E-state index in [4.69, 9.17) is 31.5 Å². The molecule has 6 rings (SSSR count). The van der Waals surface area contributed by atoms with E-state index in [1.165, 1.54) is 29.8 Å². The van der Waals surface area contributed by atoms with Crippen molar-refractivity contribution in [3.05, 3.63) is 82.1 Å². The van der Waals surface area contributed by atoms with Gasteiger partial charge in [0.25, 0.3) is 0 Å². The minimum atomic E-state index is -5.26. The highest BCUT2D eigenvalue weighted by molar-refractivity contribution is 6.31. The molecule has 0 aliphatic heterocycles. The van der Waals surface area contributed by atoms with Crippen LogP contribution in [0.15, 0.2) is 54.7 Å². The van der Waals surface area contributed by atoms with Crippen molar-refractivity contribution in [2.75, 3.05) is 25.2 Å². The molecule has 1 spiro atoms. The molecule has 1 heterocycles. The average molecular weight is 756 g/mol. The molecule has 0 radical (unpaired) electrons. The van der Waals surface area contributed by atoms with Crippen molar-refractivity contribution >= 4 is 29.2 Å². The zero-order chi connectivity index (χ0) is 38.1. The Balaban J connectivity index is 1.33. The van der Waals surface area contributed by atoms with E-state index >= 15 is 0 Å². The van der Waals surface area contributed by atoms with Gasteiger partial charge in [0, 0.05) is 34.2 Å². The number of ether oxygens (including phenoxy) is 3. The lowest BCUT2D eigenvalue weighted by atomic mass is 9.59. The van der Waals surface area contributed by atoms with Crippen molar-refractivity contribution in [3.8, 4) is 11.5 Å². The topological polar surface area (TPSA) is 104 Å². The van der Waals surface area contributed by atoms with Gasteiger partial charge in [0.15, 0.2) is 0 Å². The van der Waals surface area contributed by atoms with E-state index in [9.17, 15) is 22.8 Å². The van der Waals surface area contributed by atoms with Crippen molar-refractivity contribution in [1.82, 2.24) is 4.98 Å². The average Bonchev–Trinajstić information content (AvgIpc) is 3.41. The van der Waals surface area contributed by atoms with Crippen LogP contribution >= 0.6 is 11.6 Å². The largest absolute Gasteiger partial charge is 0.493 e. The number of hydrogen-bond donors (Lipinski definition) is 1. The fourth-order valence-corrected chi connectivity index (χ4v) is 9.34. The minimum absolute atomic E-state index is 0.0548. The zero-order valence-corrected chi connectivity index (χ0v) is 31.6. The van der Waals surface area contributed by atoms with Crippen LogP contribution in [0.2, 0.25) is 5.02 Å². The summed E-state index contributed by atoms with van der Waals surface area (Å²) in [6.45, 7) is 7.05. The van der Waals surface area contributed by atoms with Crippen molar-refractivity contribution in [2.45, 2.75) is 108 Å². The van der Waals surface area contributed by atoms with Crippen LogP contribution in [0.5, 0.6) is 11.5 Å². The molecule has 286 valence electrons. The third kappa shape index (κ3) is 7.74. The summed E-state index contributed by atoms with van der Waals surface area (Å²) in [6.07, 6.45) is 1.80. The lowest BCUT2D eigenvalue weighted by molar-refractivity contribution is -0.174. The lowest BCUT2D eigenvalue weighted by Gasteiger charge is -2.51. The molecule has 3 aromatic rings. The Bertz CT molecular complexity index is 1810. The summed E-state index contributed by atoms with van der Waals surface area (Å²) in [4.78, 5) is 32.3. The second-order valence-corrected chi connectivity index (χ2v) is 15.9. The molecule has 0 unspecified atom stereocenters. The van der Waals surface area contributed by atoms with Gasteiger partial charge in [-0.3, -0.25) is 14.7 Å². The molecule has 53 heavy (non-hydrogen) atoms. The van der Waals surface area contributed by atoms with Crippen molar-refractivity contribution in [2.24, 2.45) is 17.6 Å². The van der Waals surface area contributed by atoms with E-state index in [0.29, 0.717) is 42.6 Å². The van der Waals surface area contributed by atoms with Gasteiger partial charge in [0.2, 0.25) is 0 Å². The van der Waals surface area contributed by atoms with Gasteiger partial charge in [0.1, 0.15) is 23.6 Å². The lowest BCUT2D eigenvalue weighted by Crippen LogP contribution is -2.63. The molecule has 0 bridgehead atoms. The minimum Gasteiger partial charge on any atom is -0.493 e. The fraction of sp³-hybridized carbons (Fsp3) is 0.537. The number of carbonyl (C=O) groups is 2. The number of aromatic nitrogens is 1. The van der Waals surface area contributed by atoms with Crippen LogP contribution in [-0.4, -0.2) is 54.9 Å². The first-order chi connectivity index (χ1) is 25.2. The summed E-state index contributed by atoms with van der Waals surface area (Å²) in [5.74, 6) is -0.919. The summed E-state index contributed by atoms with van der Waals surface area (Å²) in [5.41, 5.74) is 7.94. The molecule has 1 saturated carbocycles. The number of nitrogens with two attached hydrogens (primary N) is 1. The molecule has 1 amide bonds. The number of hydrogen-bond acceptors (Lipinski definition) is 7. The number of methoxy groups -OCH3 is 1. The van der Waals surface area contributed by atoms with Crippen LogP contribution in [-0.2, 0) is 32.6 Å². The van der Waals surface area contributed by atoms with Crippen molar-refractivity contribution in [1.29, 1.82) is 0 Å². The van der Waals surface area contributed by atoms with E-state index in [2.05, 4.69) is 24.9 Å². The van der Waals surface area contributed by atoms with Crippen LogP contribution in [0.3, 0.4) is 0 Å². The maximum atomic E-state index is 14.3. The van der Waals surface area contributed by atoms with E-state index in [1.807, 2.05) is 31.3 Å². The summed E-state index contributed by atoms with van der Waals surface area (Å²) >= 11 is 6.23. The zero-order valence-electron chi connectivity index (χ0n) is 30.8. The Morgan fingerprint density at radius 2 is 1.81 bits per heavy atom. The van der Waals surface area contributed by atoms with E-state index in [-0.39, 0.29) is 41.4 Å². The number of halogens is 4. The SMILES string of the molecule is COC(=O)C1(N(C(=O)C(F)(F)F)c2cccc(Cl)c2)CCC2(CC1)c1cc(OC[C@H](C)N)ccc1C[C@@H]2C[C@@H](C)COc1ccnc2c1[C@H](C)CCC2. The summed E-state index contributed by atoms with van der Waals surface area (Å²) in [6, 6.07) is 13.4. The van der Waals surface area contributed by atoms with Gasteiger partial charge in [-0.25, -0.2) is 4.79 Å². The molecular formula is C41H49ClF3N3O5. The van der Waals surface area contributed by atoms with Crippen LogP contribution in [0, 0.1) is 11.8 Å². The third-order valence-electron chi connectivity index (χ3n) is 11.6. The van der Waals surface area contributed by atoms with Gasteiger partial charge in [-0.05, 0) is 135 Å². The molecule has 3 aliphatic rings. The molecule has 1 fully saturated rings. The second kappa shape index (κ2) is 15.5. The van der Waals surface area contributed by atoms with E-state index in [1.54, 1.807) is 0 Å². The molecule has 2 aromatic carbocycles. The van der Waals surface area contributed by atoms with E-state index < -0.39 is 29.0 Å². The first kappa shape index (κ1) is 38.9. The quantitative estimate of drug-likeness (QED) is 0.196. The van der Waals surface area contributed by atoms with Crippen LogP contribution in [0.25, 0.3) is 0 Å². The molecule has 1 aromatic heterocycles. The number of pyridine rings is 1. The summed E-state index contributed by atoms with van der Waals surface area (Å²) in [7, 11) is 1.14. The van der Waals surface area contributed by atoms with Crippen LogP contribution in [0.1, 0.15) is 94.0 Å². The molecule has 4 atom stereocenters. The Labute approximate surface area is 314 Å². The monoisotopic (exact) mass is 755 g/mol. The number of rotatable bonds is 11. The maximum Gasteiger partial charge on any atom is 0.471 e. The molecular weight excluding hydrogens is 707 g/mol. The number of alkyl halides is 3. The number of fused-ring (bicyclic) bond motifs is 3. The van der Waals surface area contributed by atoms with Gasteiger partial charge in [0.05, 0.1) is 13.7 Å². The smallest absolute Gasteiger partial charge is 0.471 e. The standard InChI is InChI=1S/C41H49ClF3N3O5/c1-25(23-53-35-13-18-47-34-10-5-7-26(2)36(34)35)19-29-20-28-11-12-32(52-24-27(3)46)22-33(28)39(29)14-16-40(17-15-39,38(50)51-4)48(37(49)41(43,44)45)31-9-6-8-30(42)21-31/h6,8-9,11-13,18,21-22,25-27,29H,5,7,10,14-17,19-20,23-24,46H2,1-4H3/t25-,26-,27+,29+,39?,40?/m1/s1. The first-order valence-electron chi connectivity index (χ1n) is 18.6. The van der Waals surface area contributed by atoms with Gasteiger partial charge >= 0.3 is 18.1 Å². The molecule has 3 aliphatic carbocycles. The number of benzene rings is 2. The highest BCUT2D eigenvalue weighted by Crippen LogP contribution is 2.58. The number of aryl methyl sites for hydroxylation is 1. The second-order valence-electron chi connectivity index (χ2n) is 15.4. The summed E-state index contributed by atoms with van der Waals surface area (Å²) in [5, 5.41) is 0.136. The number of esters is 1. The van der Waals surface area contributed by atoms with Crippen molar-refractivity contribution < 1.29 is 37.0 Å². The van der Waals surface area contributed by atoms with E-state index in [0.717, 1.165) is 61.8 Å². The Kier molecular flexibility index (Phi) is 11.4. The van der Waals surface area contributed by atoms with Crippen LogP contribution in [0.4, 0.5) is 18.9 Å². The van der Waals surface area contributed by atoms with Gasteiger partial charge < -0.3 is 19.9 Å². The molecule has 2 N–H and O–H groups in total. The van der Waals surface area contributed by atoms with Gasteiger partial charge in [-0.2, -0.15) is 13.2 Å². The Morgan fingerprint density at radius 3 is 2.49 bits per heavy atom. The van der Waals surface area contributed by atoms with Crippen molar-refractivity contribution in [3.63, 3.8) is 0 Å². The first-order valence-corrected chi connectivity index (χ1v) is 18.9. The molecule has 8 nitrogen and oxygen atoms in total. The third-order valence-corrected chi connectivity index (χ3v) is 11.9. The van der Waals surface area contributed by atoms with Gasteiger partial charge in [-0.15, -0.1) is 0 Å².